The third kappa shape index (κ3) is 7.17. The Hall–Kier alpha value is -2.04. The highest BCUT2D eigenvalue weighted by atomic mass is 17.2. The fourth-order valence-electron chi connectivity index (χ4n) is 2.42. The number of hydrogen-bond donors (Lipinski definition) is 0. The van der Waals surface area contributed by atoms with Gasteiger partial charge in [-0.25, -0.2) is 0 Å². The Bertz CT molecular complexity index is 464. The Kier molecular flexibility index (Phi) is 14.8. The van der Waals surface area contributed by atoms with Crippen molar-refractivity contribution in [2.45, 2.75) is 18.6 Å². The summed E-state index contributed by atoms with van der Waals surface area (Å²) in [5.74, 6) is 0.698. The molecule has 0 saturated heterocycles. The third-order valence-corrected chi connectivity index (χ3v) is 3.51. The topological polar surface area (TPSA) is 83.1 Å². The molecule has 0 amide bonds. The molecule has 162 valence electrons. The predicted octanol–water partition coefficient (Wildman–Crippen LogP) is 2.67. The van der Waals surface area contributed by atoms with Gasteiger partial charge in [0, 0.05) is 6.61 Å². The summed E-state index contributed by atoms with van der Waals surface area (Å²) in [5, 5.41) is 0. The molecular weight excluding hydrogens is 372 g/mol. The largest absolute Gasteiger partial charge is 0.495 e. The molecule has 0 fully saturated rings. The van der Waals surface area contributed by atoms with Gasteiger partial charge < -0.3 is 33.5 Å². The third-order valence-electron chi connectivity index (χ3n) is 3.51. The zero-order valence-corrected chi connectivity index (χ0v) is 17.0. The summed E-state index contributed by atoms with van der Waals surface area (Å²) in [6.45, 7) is 15.5. The van der Waals surface area contributed by atoms with Crippen molar-refractivity contribution in [2.24, 2.45) is 0 Å². The minimum absolute atomic E-state index is 0.152. The van der Waals surface area contributed by atoms with E-state index in [2.05, 4.69) is 26.3 Å². The summed E-state index contributed by atoms with van der Waals surface area (Å²) in [5.41, 5.74) is -1.14. The molecule has 0 saturated carbocycles. The SMILES string of the molecule is C=C.C=C.CCOCC1(C2OCCOOC=C2OC)OCCOOC=C1OC. The molecule has 2 atom stereocenters. The van der Waals surface area contributed by atoms with Crippen molar-refractivity contribution in [3.63, 3.8) is 0 Å². The van der Waals surface area contributed by atoms with Gasteiger partial charge in [-0.3, -0.25) is 0 Å². The van der Waals surface area contributed by atoms with Crippen LogP contribution in [0.5, 0.6) is 0 Å². The first-order valence-electron chi connectivity index (χ1n) is 8.67. The Morgan fingerprint density at radius 2 is 1.61 bits per heavy atom. The van der Waals surface area contributed by atoms with Gasteiger partial charge >= 0.3 is 0 Å². The molecule has 0 aromatic heterocycles. The Morgan fingerprint density at radius 3 is 2.21 bits per heavy atom. The molecule has 2 aliphatic rings. The lowest BCUT2D eigenvalue weighted by molar-refractivity contribution is -0.291. The van der Waals surface area contributed by atoms with E-state index in [0.717, 1.165) is 0 Å². The van der Waals surface area contributed by atoms with E-state index in [1.165, 1.54) is 26.7 Å². The molecule has 0 aliphatic carbocycles. The Labute approximate surface area is 166 Å². The highest BCUT2D eigenvalue weighted by Crippen LogP contribution is 2.35. The lowest BCUT2D eigenvalue weighted by Crippen LogP contribution is -2.55. The molecule has 0 bridgehead atoms. The van der Waals surface area contributed by atoms with Crippen molar-refractivity contribution in [2.75, 3.05) is 53.9 Å². The highest BCUT2D eigenvalue weighted by molar-refractivity contribution is 5.21. The van der Waals surface area contributed by atoms with Crippen LogP contribution in [0, 0.1) is 0 Å². The fourth-order valence-corrected chi connectivity index (χ4v) is 2.42. The van der Waals surface area contributed by atoms with Gasteiger partial charge in [-0.1, -0.05) is 0 Å². The van der Waals surface area contributed by atoms with Crippen LogP contribution in [0.4, 0.5) is 0 Å². The summed E-state index contributed by atoms with van der Waals surface area (Å²) >= 11 is 0. The summed E-state index contributed by atoms with van der Waals surface area (Å²) in [6.07, 6.45) is 1.95. The van der Waals surface area contributed by atoms with Crippen LogP contribution in [0.2, 0.25) is 0 Å². The van der Waals surface area contributed by atoms with E-state index in [0.29, 0.717) is 18.1 Å². The second-order valence-electron chi connectivity index (χ2n) is 4.87. The molecule has 28 heavy (non-hydrogen) atoms. The molecule has 9 heteroatoms. The summed E-state index contributed by atoms with van der Waals surface area (Å²) in [4.78, 5) is 19.9. The molecule has 0 spiro atoms. The van der Waals surface area contributed by atoms with Crippen molar-refractivity contribution in [3.05, 3.63) is 50.4 Å². The van der Waals surface area contributed by atoms with Crippen LogP contribution >= 0.6 is 0 Å². The second kappa shape index (κ2) is 16.0. The second-order valence-corrected chi connectivity index (χ2v) is 4.87. The molecule has 2 aliphatic heterocycles. The van der Waals surface area contributed by atoms with Gasteiger partial charge in [0.15, 0.2) is 35.7 Å². The molecule has 0 aromatic carbocycles. The standard InChI is InChI=1S/C15H24O9.2C2H4/c1-4-18-11-15(13(17-3)10-24-22-8-6-20-15)14-12(16-2)9-23-21-7-5-19-14;2*1-2/h9-10,14H,4-8,11H2,1-3H3;2*1-2H2. The van der Waals surface area contributed by atoms with E-state index in [9.17, 15) is 0 Å². The molecule has 9 nitrogen and oxygen atoms in total. The molecular formula is C19H32O9. The lowest BCUT2D eigenvalue weighted by Gasteiger charge is -2.41. The zero-order valence-electron chi connectivity index (χ0n) is 17.0. The van der Waals surface area contributed by atoms with Crippen LogP contribution in [-0.4, -0.2) is 65.6 Å². The first-order chi connectivity index (χ1) is 13.8. The van der Waals surface area contributed by atoms with Crippen LogP contribution in [0.3, 0.4) is 0 Å². The van der Waals surface area contributed by atoms with E-state index < -0.39 is 11.7 Å². The molecule has 2 unspecified atom stereocenters. The molecule has 0 radical (unpaired) electrons. The summed E-state index contributed by atoms with van der Waals surface area (Å²) in [7, 11) is 3.00. The van der Waals surface area contributed by atoms with Crippen LogP contribution < -0.4 is 0 Å². The highest BCUT2D eigenvalue weighted by Gasteiger charge is 2.50. The van der Waals surface area contributed by atoms with E-state index in [1.54, 1.807) is 0 Å². The van der Waals surface area contributed by atoms with Crippen molar-refractivity contribution in [3.8, 4) is 0 Å². The smallest absolute Gasteiger partial charge is 0.185 e. The van der Waals surface area contributed by atoms with Crippen molar-refractivity contribution < 1.29 is 43.2 Å². The first kappa shape index (κ1) is 26.0. The van der Waals surface area contributed by atoms with Crippen LogP contribution in [-0.2, 0) is 43.2 Å². The van der Waals surface area contributed by atoms with E-state index in [4.69, 9.17) is 43.2 Å². The van der Waals surface area contributed by atoms with Gasteiger partial charge in [-0.2, -0.15) is 9.78 Å². The lowest BCUT2D eigenvalue weighted by atomic mass is 9.92. The van der Waals surface area contributed by atoms with E-state index >= 15 is 0 Å². The monoisotopic (exact) mass is 404 g/mol. The van der Waals surface area contributed by atoms with Gasteiger partial charge in [0.1, 0.15) is 13.2 Å². The molecule has 2 rings (SSSR count). The predicted molar refractivity (Wildman–Crippen MR) is 102 cm³/mol. The Balaban J connectivity index is 0.00000171. The van der Waals surface area contributed by atoms with Crippen LogP contribution in [0.1, 0.15) is 6.92 Å². The number of ether oxygens (including phenoxy) is 5. The van der Waals surface area contributed by atoms with Crippen molar-refractivity contribution >= 4 is 0 Å². The maximum absolute atomic E-state index is 6.08. The van der Waals surface area contributed by atoms with Gasteiger partial charge in [0.05, 0.1) is 34.0 Å². The first-order valence-corrected chi connectivity index (χ1v) is 8.67. The maximum atomic E-state index is 6.08. The van der Waals surface area contributed by atoms with Gasteiger partial charge in [0.2, 0.25) is 0 Å². The van der Waals surface area contributed by atoms with Crippen molar-refractivity contribution in [1.82, 2.24) is 0 Å². The molecule has 0 aromatic rings. The van der Waals surface area contributed by atoms with Crippen LogP contribution in [0.15, 0.2) is 50.4 Å². The average molecular weight is 404 g/mol. The molecule has 2 heterocycles. The van der Waals surface area contributed by atoms with Gasteiger partial charge in [0.25, 0.3) is 0 Å². The number of rotatable bonds is 6. The number of hydrogen-bond acceptors (Lipinski definition) is 9. The van der Waals surface area contributed by atoms with Crippen molar-refractivity contribution in [1.29, 1.82) is 0 Å². The maximum Gasteiger partial charge on any atom is 0.185 e. The summed E-state index contributed by atoms with van der Waals surface area (Å²) < 4.78 is 28.5. The average Bonchev–Trinajstić information content (AvgIpc) is 2.71. The summed E-state index contributed by atoms with van der Waals surface area (Å²) in [6, 6.07) is 0. The fraction of sp³-hybridized carbons (Fsp3) is 0.579. The zero-order chi connectivity index (χ0) is 21.3. The van der Waals surface area contributed by atoms with Crippen LogP contribution in [0.25, 0.3) is 0 Å². The quantitative estimate of drug-likeness (QED) is 0.490. The van der Waals surface area contributed by atoms with E-state index in [1.807, 2.05) is 6.92 Å². The minimum atomic E-state index is -1.14. The molecule has 0 N–H and O–H groups in total. The normalized spacial score (nSPS) is 24.9. The Morgan fingerprint density at radius 1 is 0.964 bits per heavy atom. The minimum Gasteiger partial charge on any atom is -0.495 e. The number of methoxy groups -OCH3 is 2. The van der Waals surface area contributed by atoms with Gasteiger partial charge in [-0.15, -0.1) is 26.3 Å². The van der Waals surface area contributed by atoms with E-state index in [-0.39, 0.29) is 33.0 Å². The van der Waals surface area contributed by atoms with Gasteiger partial charge in [-0.05, 0) is 6.92 Å².